The molecule has 0 aliphatic carbocycles. The highest BCUT2D eigenvalue weighted by Gasteiger charge is 2.63. The van der Waals surface area contributed by atoms with E-state index in [1.807, 2.05) is 0 Å². The average molecular weight is 555 g/mol. The molecular weight excluding hydrogens is 537 g/mol. The van der Waals surface area contributed by atoms with Crippen LogP contribution in [0.4, 0.5) is 14.7 Å². The molecular formula is C12H18F2N5O12P3. The Morgan fingerprint density at radius 2 is 1.85 bits per heavy atom. The van der Waals surface area contributed by atoms with Gasteiger partial charge in [0.1, 0.15) is 12.8 Å². The maximum Gasteiger partial charge on any atom is 0.490 e. The molecule has 0 saturated carbocycles. The molecule has 3 heterocycles. The van der Waals surface area contributed by atoms with E-state index in [4.69, 9.17) is 25.2 Å². The number of rotatable bonds is 8. The van der Waals surface area contributed by atoms with E-state index in [0.717, 1.165) is 10.9 Å². The Bertz CT molecular complexity index is 1310. The van der Waals surface area contributed by atoms with Crippen LogP contribution in [0.2, 0.25) is 0 Å². The van der Waals surface area contributed by atoms with Crippen LogP contribution < -0.4 is 11.3 Å². The Morgan fingerprint density at radius 3 is 2.44 bits per heavy atom. The van der Waals surface area contributed by atoms with Gasteiger partial charge in [0.2, 0.25) is 5.95 Å². The van der Waals surface area contributed by atoms with E-state index in [2.05, 4.69) is 28.1 Å². The van der Waals surface area contributed by atoms with Crippen LogP contribution in [0.15, 0.2) is 11.1 Å². The summed E-state index contributed by atoms with van der Waals surface area (Å²) in [5, 5.41) is 0. The zero-order valence-electron chi connectivity index (χ0n) is 17.0. The van der Waals surface area contributed by atoms with Crippen LogP contribution in [0.25, 0.3) is 11.2 Å². The van der Waals surface area contributed by atoms with Crippen molar-refractivity contribution >= 4 is 40.6 Å². The van der Waals surface area contributed by atoms with Crippen LogP contribution in [0.1, 0.15) is 20.1 Å². The van der Waals surface area contributed by atoms with E-state index in [9.17, 15) is 23.4 Å². The number of ether oxygens (including phenoxy) is 1. The molecule has 34 heavy (non-hydrogen) atoms. The number of nitrogens with two attached hydrogens (primary N) is 1. The van der Waals surface area contributed by atoms with Crippen molar-refractivity contribution < 1.29 is 59.9 Å². The monoisotopic (exact) mass is 555 g/mol. The van der Waals surface area contributed by atoms with Gasteiger partial charge in [0.05, 0.1) is 6.33 Å². The number of aromatic nitrogens is 4. The maximum atomic E-state index is 15.4. The summed E-state index contributed by atoms with van der Waals surface area (Å²) in [7, 11) is -17.3. The number of phosphoric acid groups is 3. The lowest BCUT2D eigenvalue weighted by Crippen LogP contribution is -2.41. The number of H-pyrrole nitrogens is 1. The minimum atomic E-state index is -5.87. The van der Waals surface area contributed by atoms with E-state index in [1.54, 1.807) is 0 Å². The number of halogens is 2. The van der Waals surface area contributed by atoms with Gasteiger partial charge in [-0.15, -0.1) is 0 Å². The average Bonchev–Trinajstić information content (AvgIpc) is 3.11. The normalized spacial score (nSPS) is 28.6. The molecule has 1 saturated heterocycles. The third kappa shape index (κ3) is 5.45. The first-order valence-corrected chi connectivity index (χ1v) is 13.3. The Hall–Kier alpha value is -1.62. The van der Waals surface area contributed by atoms with Crippen LogP contribution in [-0.2, 0) is 31.6 Å². The molecule has 192 valence electrons. The van der Waals surface area contributed by atoms with Gasteiger partial charge >= 0.3 is 23.5 Å². The van der Waals surface area contributed by atoms with Crippen molar-refractivity contribution in [3.05, 3.63) is 16.7 Å². The summed E-state index contributed by atoms with van der Waals surface area (Å²) < 4.78 is 81.7. The molecule has 5 atom stereocenters. The molecule has 0 aromatic carbocycles. The number of phosphoric ester groups is 1. The molecule has 7 N–H and O–H groups in total. The molecule has 3 rings (SSSR count). The van der Waals surface area contributed by atoms with Crippen molar-refractivity contribution in [1.29, 1.82) is 0 Å². The van der Waals surface area contributed by atoms with Gasteiger partial charge in [0.25, 0.3) is 11.4 Å². The first-order chi connectivity index (χ1) is 15.3. The SMILES string of the molecule is CC1(C)[C@H](n2cnc3c(=O)[nH]c(N)nc32)O[C@](F)(COP(=O)(O)OP(=O)(O)OP(=O)(O)O)[C@H]1F. The number of imidazole rings is 1. The van der Waals surface area contributed by atoms with E-state index in [1.165, 1.54) is 13.8 Å². The maximum absolute atomic E-state index is 15.4. The molecule has 0 spiro atoms. The van der Waals surface area contributed by atoms with Gasteiger partial charge < -0.3 is 30.0 Å². The van der Waals surface area contributed by atoms with E-state index in [-0.39, 0.29) is 17.1 Å². The van der Waals surface area contributed by atoms with Gasteiger partial charge in [0.15, 0.2) is 17.3 Å². The summed E-state index contributed by atoms with van der Waals surface area (Å²) >= 11 is 0. The van der Waals surface area contributed by atoms with Gasteiger partial charge in [-0.05, 0) is 0 Å². The molecule has 22 heteroatoms. The number of nitrogen functional groups attached to an aromatic ring is 1. The molecule has 1 fully saturated rings. The third-order valence-electron chi connectivity index (χ3n) is 4.52. The highest BCUT2D eigenvalue weighted by molar-refractivity contribution is 7.66. The van der Waals surface area contributed by atoms with E-state index < -0.39 is 59.3 Å². The quantitative estimate of drug-likeness (QED) is 0.244. The zero-order valence-corrected chi connectivity index (χ0v) is 19.7. The molecule has 1 aliphatic rings. The van der Waals surface area contributed by atoms with Crippen LogP contribution >= 0.6 is 23.5 Å². The van der Waals surface area contributed by atoms with Crippen LogP contribution in [0.5, 0.6) is 0 Å². The van der Waals surface area contributed by atoms with Gasteiger partial charge in [-0.2, -0.15) is 13.6 Å². The number of fused-ring (bicyclic) bond motifs is 1. The zero-order chi connectivity index (χ0) is 25.9. The number of aromatic amines is 1. The van der Waals surface area contributed by atoms with Gasteiger partial charge in [0, 0.05) is 5.41 Å². The Balaban J connectivity index is 1.84. The molecule has 0 amide bonds. The first kappa shape index (κ1) is 27.0. The van der Waals surface area contributed by atoms with Crippen molar-refractivity contribution in [3.63, 3.8) is 0 Å². The van der Waals surface area contributed by atoms with Gasteiger partial charge in [-0.1, -0.05) is 13.8 Å². The lowest BCUT2D eigenvalue weighted by molar-refractivity contribution is -0.193. The van der Waals surface area contributed by atoms with Crippen molar-refractivity contribution in [2.75, 3.05) is 12.3 Å². The fourth-order valence-electron chi connectivity index (χ4n) is 3.19. The molecule has 2 unspecified atom stereocenters. The van der Waals surface area contributed by atoms with Crippen molar-refractivity contribution in [2.45, 2.75) is 32.1 Å². The number of nitrogens with one attached hydrogen (secondary N) is 1. The summed E-state index contributed by atoms with van der Waals surface area (Å²) in [5.41, 5.74) is 2.58. The third-order valence-corrected chi connectivity index (χ3v) is 8.30. The van der Waals surface area contributed by atoms with Crippen LogP contribution in [0, 0.1) is 5.41 Å². The first-order valence-electron chi connectivity index (χ1n) is 8.78. The summed E-state index contributed by atoms with van der Waals surface area (Å²) in [6.45, 7) is 0.717. The summed E-state index contributed by atoms with van der Waals surface area (Å²) in [6.07, 6.45) is -3.13. The van der Waals surface area contributed by atoms with Crippen molar-refractivity contribution in [2.24, 2.45) is 5.41 Å². The number of hydrogen-bond acceptors (Lipinski definition) is 11. The Kier molecular flexibility index (Phi) is 6.74. The fourth-order valence-corrected chi connectivity index (χ4v) is 6.22. The fraction of sp³-hybridized carbons (Fsp3) is 0.583. The van der Waals surface area contributed by atoms with Gasteiger partial charge in [-0.25, -0.2) is 27.5 Å². The van der Waals surface area contributed by atoms with Gasteiger partial charge in [-0.3, -0.25) is 18.9 Å². The van der Waals surface area contributed by atoms with E-state index in [0.29, 0.717) is 0 Å². The van der Waals surface area contributed by atoms with E-state index >= 15 is 8.78 Å². The van der Waals surface area contributed by atoms with Crippen LogP contribution in [0.3, 0.4) is 0 Å². The summed E-state index contributed by atoms with van der Waals surface area (Å²) in [6, 6.07) is 0. The number of hydrogen-bond donors (Lipinski definition) is 6. The summed E-state index contributed by atoms with van der Waals surface area (Å²) in [4.78, 5) is 57.5. The second-order valence-corrected chi connectivity index (χ2v) is 12.0. The molecule has 17 nitrogen and oxygen atoms in total. The topological polar surface area (TPSA) is 259 Å². The number of alkyl halides is 2. The predicted molar refractivity (Wildman–Crippen MR) is 105 cm³/mol. The predicted octanol–water partition coefficient (Wildman–Crippen LogP) is 0.604. The Labute approximate surface area is 187 Å². The minimum Gasteiger partial charge on any atom is -0.369 e. The largest absolute Gasteiger partial charge is 0.490 e. The molecule has 2 aromatic rings. The standard InChI is InChI=1S/C12H18F2N5O12P3/c1-11(2)8(13)12(14,3-28-33(24,25)31-34(26,27)30-32(21,22)23)29-9(11)19-4-16-5-6(19)17-10(15)18-7(5)20/h4,8-9H,3H2,1-2H3,(H,24,25)(H,26,27)(H2,21,22,23)(H3,15,17,18,20)/t8-,9+,12+/m0/s1. The second kappa shape index (κ2) is 8.50. The van der Waals surface area contributed by atoms with Crippen molar-refractivity contribution in [1.82, 2.24) is 19.5 Å². The molecule has 0 radical (unpaired) electrons. The lowest BCUT2D eigenvalue weighted by Gasteiger charge is -2.27. The molecule has 2 aromatic heterocycles. The highest BCUT2D eigenvalue weighted by Crippen LogP contribution is 2.66. The Morgan fingerprint density at radius 1 is 1.24 bits per heavy atom. The number of anilines is 1. The molecule has 1 aliphatic heterocycles. The summed E-state index contributed by atoms with van der Waals surface area (Å²) in [5.74, 6) is -3.80. The smallest absolute Gasteiger partial charge is 0.369 e. The highest BCUT2D eigenvalue weighted by atomic mass is 31.3. The second-order valence-electron chi connectivity index (χ2n) is 7.58. The van der Waals surface area contributed by atoms with Crippen molar-refractivity contribution in [3.8, 4) is 0 Å². The van der Waals surface area contributed by atoms with Crippen LogP contribution in [-0.4, -0.2) is 57.7 Å². The lowest BCUT2D eigenvalue weighted by atomic mass is 9.85. The molecule has 0 bridgehead atoms. The number of nitrogens with zero attached hydrogens (tertiary/aromatic N) is 3. The minimum absolute atomic E-state index is 0.191.